The summed E-state index contributed by atoms with van der Waals surface area (Å²) in [6, 6.07) is 9.22. The Morgan fingerprint density at radius 2 is 1.76 bits per heavy atom. The molecule has 0 fully saturated rings. The summed E-state index contributed by atoms with van der Waals surface area (Å²) in [5.41, 5.74) is 0.820. The lowest BCUT2D eigenvalue weighted by atomic mass is 10.1. The van der Waals surface area contributed by atoms with Crippen LogP contribution in [0.2, 0.25) is 0 Å². The Kier molecular flexibility index (Phi) is 5.85. The van der Waals surface area contributed by atoms with Crippen LogP contribution in [0.5, 0.6) is 0 Å². The van der Waals surface area contributed by atoms with Crippen LogP contribution in [0.15, 0.2) is 30.3 Å². The third-order valence-electron chi connectivity index (χ3n) is 2.21. The van der Waals surface area contributed by atoms with Crippen LogP contribution in [-0.4, -0.2) is 16.6 Å². The second kappa shape index (κ2) is 6.91. The van der Waals surface area contributed by atoms with E-state index in [1.165, 1.54) is 0 Å². The van der Waals surface area contributed by atoms with Gasteiger partial charge in [-0.05, 0) is 12.0 Å². The molecule has 2 amide bonds. The molecule has 2 unspecified atom stereocenters. The van der Waals surface area contributed by atoms with E-state index in [-0.39, 0.29) is 16.6 Å². The second-order valence-electron chi connectivity index (χ2n) is 3.50. The zero-order valence-electron chi connectivity index (χ0n) is 9.32. The molecule has 0 heterocycles. The van der Waals surface area contributed by atoms with E-state index in [9.17, 15) is 9.59 Å². The van der Waals surface area contributed by atoms with Crippen LogP contribution in [-0.2, 0) is 9.59 Å². The molecule has 92 valence electrons. The van der Waals surface area contributed by atoms with Gasteiger partial charge in [-0.2, -0.15) is 0 Å². The molecular weight excluding hydrogens is 350 g/mol. The molecule has 0 spiro atoms. The van der Waals surface area contributed by atoms with E-state index in [2.05, 4.69) is 37.2 Å². The number of carbonyl (C=O) groups excluding carboxylic acids is 2. The van der Waals surface area contributed by atoms with Crippen LogP contribution in [0.1, 0.15) is 23.7 Å². The molecule has 0 radical (unpaired) electrons. The highest BCUT2D eigenvalue weighted by atomic mass is 79.9. The maximum absolute atomic E-state index is 11.8. The van der Waals surface area contributed by atoms with Crippen molar-refractivity contribution < 1.29 is 9.59 Å². The first-order chi connectivity index (χ1) is 8.06. The lowest BCUT2D eigenvalue weighted by Gasteiger charge is -2.12. The predicted molar refractivity (Wildman–Crippen MR) is 74.3 cm³/mol. The Morgan fingerprint density at radius 1 is 1.18 bits per heavy atom. The van der Waals surface area contributed by atoms with Gasteiger partial charge in [-0.25, -0.2) is 0 Å². The number of nitrogens with one attached hydrogen (secondary N) is 1. The molecule has 0 bridgehead atoms. The van der Waals surface area contributed by atoms with E-state index < -0.39 is 4.83 Å². The van der Waals surface area contributed by atoms with Gasteiger partial charge in [0, 0.05) is 0 Å². The van der Waals surface area contributed by atoms with E-state index in [1.54, 1.807) is 0 Å². The average Bonchev–Trinajstić information content (AvgIpc) is 2.37. The monoisotopic (exact) mass is 361 g/mol. The van der Waals surface area contributed by atoms with Gasteiger partial charge in [0.1, 0.15) is 4.83 Å². The Balaban J connectivity index is 2.63. The molecule has 0 saturated heterocycles. The van der Waals surface area contributed by atoms with E-state index in [1.807, 2.05) is 37.3 Å². The SMILES string of the molecule is CCC(Br)C(=O)NC(=O)C(Br)c1ccccc1. The molecule has 0 saturated carbocycles. The molecule has 1 rings (SSSR count). The summed E-state index contributed by atoms with van der Waals surface area (Å²) in [5.74, 6) is -0.656. The number of rotatable bonds is 4. The normalized spacial score (nSPS) is 13.8. The largest absolute Gasteiger partial charge is 0.294 e. The van der Waals surface area contributed by atoms with Crippen LogP contribution >= 0.6 is 31.9 Å². The van der Waals surface area contributed by atoms with Crippen LogP contribution in [0, 0.1) is 0 Å². The molecule has 0 aliphatic heterocycles. The fourth-order valence-electron chi connectivity index (χ4n) is 1.22. The summed E-state index contributed by atoms with van der Waals surface area (Å²) in [7, 11) is 0. The first kappa shape index (κ1) is 14.4. The third kappa shape index (κ3) is 4.24. The van der Waals surface area contributed by atoms with Crippen LogP contribution in [0.25, 0.3) is 0 Å². The van der Waals surface area contributed by atoms with Crippen molar-refractivity contribution in [2.45, 2.75) is 23.0 Å². The minimum Gasteiger partial charge on any atom is -0.294 e. The number of alkyl halides is 2. The van der Waals surface area contributed by atoms with E-state index in [0.29, 0.717) is 6.42 Å². The molecule has 1 aromatic rings. The minimum atomic E-state index is -0.510. The first-order valence-electron chi connectivity index (χ1n) is 5.24. The topological polar surface area (TPSA) is 46.2 Å². The van der Waals surface area contributed by atoms with Crippen molar-refractivity contribution in [1.29, 1.82) is 0 Å². The molecule has 0 aromatic heterocycles. The Hall–Kier alpha value is -0.680. The first-order valence-corrected chi connectivity index (χ1v) is 7.07. The van der Waals surface area contributed by atoms with E-state index >= 15 is 0 Å². The standard InChI is InChI=1S/C12H13Br2NO2/c1-2-9(13)11(16)15-12(17)10(14)8-6-4-3-5-7-8/h3-7,9-10H,2H2,1H3,(H,15,16,17). The third-order valence-corrected chi connectivity index (χ3v) is 4.22. The van der Waals surface area contributed by atoms with Crippen molar-refractivity contribution in [2.75, 3.05) is 0 Å². The number of hydrogen-bond donors (Lipinski definition) is 1. The summed E-state index contributed by atoms with van der Waals surface area (Å²) >= 11 is 6.47. The van der Waals surface area contributed by atoms with Crippen LogP contribution in [0.3, 0.4) is 0 Å². The molecule has 3 nitrogen and oxygen atoms in total. The van der Waals surface area contributed by atoms with Crippen molar-refractivity contribution in [3.8, 4) is 0 Å². The number of hydrogen-bond acceptors (Lipinski definition) is 2. The quantitative estimate of drug-likeness (QED) is 0.837. The number of imide groups is 1. The lowest BCUT2D eigenvalue weighted by molar-refractivity contribution is -0.129. The molecule has 5 heteroatoms. The van der Waals surface area contributed by atoms with Crippen LogP contribution < -0.4 is 5.32 Å². The van der Waals surface area contributed by atoms with Crippen LogP contribution in [0.4, 0.5) is 0 Å². The van der Waals surface area contributed by atoms with Crippen molar-refractivity contribution >= 4 is 43.7 Å². The lowest BCUT2D eigenvalue weighted by Crippen LogP contribution is -2.37. The molecular formula is C12H13Br2NO2. The van der Waals surface area contributed by atoms with E-state index in [4.69, 9.17) is 0 Å². The summed E-state index contributed by atoms with van der Waals surface area (Å²) in [4.78, 5) is 22.5. The summed E-state index contributed by atoms with van der Waals surface area (Å²) in [6.45, 7) is 1.87. The Labute approximate surface area is 117 Å². The highest BCUT2D eigenvalue weighted by molar-refractivity contribution is 9.10. The summed E-state index contributed by atoms with van der Waals surface area (Å²) in [6.07, 6.45) is 0.636. The minimum absolute atomic E-state index is 0.308. The van der Waals surface area contributed by atoms with Gasteiger partial charge in [0.25, 0.3) is 0 Å². The van der Waals surface area contributed by atoms with Gasteiger partial charge in [-0.15, -0.1) is 0 Å². The second-order valence-corrected chi connectivity index (χ2v) is 5.52. The smallest absolute Gasteiger partial charge is 0.244 e. The van der Waals surface area contributed by atoms with E-state index in [0.717, 1.165) is 5.56 Å². The van der Waals surface area contributed by atoms with Gasteiger partial charge in [0.05, 0.1) is 4.83 Å². The summed E-state index contributed by atoms with van der Waals surface area (Å²) < 4.78 is 0. The fraction of sp³-hybridized carbons (Fsp3) is 0.333. The number of benzene rings is 1. The van der Waals surface area contributed by atoms with Gasteiger partial charge >= 0.3 is 0 Å². The molecule has 17 heavy (non-hydrogen) atoms. The molecule has 0 aliphatic rings. The molecule has 2 atom stereocenters. The maximum atomic E-state index is 11.8. The zero-order chi connectivity index (χ0) is 12.8. The number of amides is 2. The van der Waals surface area contributed by atoms with Gasteiger partial charge in [0.15, 0.2) is 0 Å². The number of halogens is 2. The average molecular weight is 363 g/mol. The van der Waals surface area contributed by atoms with Gasteiger partial charge < -0.3 is 0 Å². The Bertz CT molecular complexity index is 395. The molecule has 1 N–H and O–H groups in total. The molecule has 0 aliphatic carbocycles. The van der Waals surface area contributed by atoms with Gasteiger partial charge in [-0.3, -0.25) is 14.9 Å². The van der Waals surface area contributed by atoms with Crippen molar-refractivity contribution in [1.82, 2.24) is 5.32 Å². The highest BCUT2D eigenvalue weighted by Gasteiger charge is 2.21. The zero-order valence-corrected chi connectivity index (χ0v) is 12.5. The fourth-order valence-corrected chi connectivity index (χ4v) is 1.76. The van der Waals surface area contributed by atoms with Crippen molar-refractivity contribution in [3.63, 3.8) is 0 Å². The maximum Gasteiger partial charge on any atom is 0.244 e. The van der Waals surface area contributed by atoms with Gasteiger partial charge in [0.2, 0.25) is 11.8 Å². The number of carbonyl (C=O) groups is 2. The van der Waals surface area contributed by atoms with Gasteiger partial charge in [-0.1, -0.05) is 69.1 Å². The Morgan fingerprint density at radius 3 is 2.29 bits per heavy atom. The van der Waals surface area contributed by atoms with Crippen molar-refractivity contribution in [2.24, 2.45) is 0 Å². The highest BCUT2D eigenvalue weighted by Crippen LogP contribution is 2.22. The molecule has 1 aromatic carbocycles. The summed E-state index contributed by atoms with van der Waals surface area (Å²) in [5, 5.41) is 2.36. The predicted octanol–water partition coefficient (Wildman–Crippen LogP) is 2.94. The van der Waals surface area contributed by atoms with Crippen molar-refractivity contribution in [3.05, 3.63) is 35.9 Å².